The van der Waals surface area contributed by atoms with Gasteiger partial charge < -0.3 is 0 Å². The Morgan fingerprint density at radius 1 is 0.926 bits per heavy atom. The van der Waals surface area contributed by atoms with E-state index in [4.69, 9.17) is 11.6 Å². The first-order valence-electron chi connectivity index (χ1n) is 8.23. The Morgan fingerprint density at radius 2 is 1.70 bits per heavy atom. The van der Waals surface area contributed by atoms with E-state index >= 15 is 0 Å². The molecular weight excluding hydrogens is 398 g/mol. The summed E-state index contributed by atoms with van der Waals surface area (Å²) in [7, 11) is 0. The Hall–Kier alpha value is -2.34. The molecule has 0 N–H and O–H groups in total. The van der Waals surface area contributed by atoms with E-state index in [2.05, 4.69) is 0 Å². The third-order valence-electron chi connectivity index (χ3n) is 4.25. The van der Waals surface area contributed by atoms with Crippen LogP contribution < -0.4 is 4.90 Å². The summed E-state index contributed by atoms with van der Waals surface area (Å²) < 4.78 is 0. The summed E-state index contributed by atoms with van der Waals surface area (Å²) in [6.45, 7) is 1.81. The fourth-order valence-electron chi connectivity index (χ4n) is 2.91. The van der Waals surface area contributed by atoms with Crippen LogP contribution in [0.2, 0.25) is 5.02 Å². The van der Waals surface area contributed by atoms with Gasteiger partial charge in [0.1, 0.15) is 0 Å². The zero-order chi connectivity index (χ0) is 19.0. The van der Waals surface area contributed by atoms with Crippen molar-refractivity contribution < 1.29 is 9.59 Å². The molecule has 1 aliphatic heterocycles. The molecule has 0 unspecified atom stereocenters. The van der Waals surface area contributed by atoms with Gasteiger partial charge in [0.2, 0.25) is 0 Å². The number of halogens is 1. The molecule has 2 amide bonds. The largest absolute Gasteiger partial charge is 0.272 e. The fraction of sp³-hybridized carbons (Fsp3) is 0.0476. The van der Waals surface area contributed by atoms with Crippen molar-refractivity contribution in [2.75, 3.05) is 4.90 Å². The van der Waals surface area contributed by atoms with E-state index in [0.29, 0.717) is 26.8 Å². The molecule has 134 valence electrons. The number of benzene rings is 2. The lowest BCUT2D eigenvalue weighted by atomic mass is 10.1. The van der Waals surface area contributed by atoms with Crippen molar-refractivity contribution in [3.8, 4) is 0 Å². The predicted molar refractivity (Wildman–Crippen MR) is 112 cm³/mol. The fourth-order valence-corrected chi connectivity index (χ4v) is 4.92. The highest BCUT2D eigenvalue weighted by molar-refractivity contribution is 8.04. The molecule has 0 bridgehead atoms. The molecule has 0 spiro atoms. The summed E-state index contributed by atoms with van der Waals surface area (Å²) in [4.78, 5) is 29.9. The molecule has 3 nitrogen and oxygen atoms in total. The van der Waals surface area contributed by atoms with Gasteiger partial charge in [0.15, 0.2) is 0 Å². The highest BCUT2D eigenvalue weighted by Gasteiger charge is 2.41. The van der Waals surface area contributed by atoms with Crippen molar-refractivity contribution in [3.05, 3.63) is 86.4 Å². The van der Waals surface area contributed by atoms with E-state index in [1.54, 1.807) is 18.2 Å². The number of hydrogen-bond donors (Lipinski definition) is 0. The summed E-state index contributed by atoms with van der Waals surface area (Å²) in [5, 5.41) is 2.42. The molecule has 3 aromatic rings. The zero-order valence-corrected chi connectivity index (χ0v) is 16.7. The van der Waals surface area contributed by atoms with Crippen LogP contribution in [0.25, 0.3) is 5.57 Å². The van der Waals surface area contributed by atoms with Gasteiger partial charge in [-0.25, -0.2) is 4.90 Å². The minimum absolute atomic E-state index is 0.314. The molecule has 0 saturated heterocycles. The molecule has 1 aromatic heterocycles. The van der Waals surface area contributed by atoms with Gasteiger partial charge in [0.05, 0.1) is 16.2 Å². The molecule has 0 fully saturated rings. The average molecular weight is 412 g/mol. The van der Waals surface area contributed by atoms with Crippen LogP contribution in [-0.2, 0) is 9.59 Å². The summed E-state index contributed by atoms with van der Waals surface area (Å²) in [6, 6.07) is 18.6. The number of thioether (sulfide) groups is 1. The zero-order valence-electron chi connectivity index (χ0n) is 14.3. The topological polar surface area (TPSA) is 37.4 Å². The molecule has 0 saturated carbocycles. The molecule has 0 radical (unpaired) electrons. The highest BCUT2D eigenvalue weighted by Crippen LogP contribution is 2.43. The SMILES string of the molecule is Cc1c(Cl)cccc1N1C(=O)C(Sc2ccccc2)=C(c2cccs2)C1=O. The molecule has 0 atom stereocenters. The first-order valence-corrected chi connectivity index (χ1v) is 10.3. The van der Waals surface area contributed by atoms with Gasteiger partial charge in [0.25, 0.3) is 11.8 Å². The number of imide groups is 1. The van der Waals surface area contributed by atoms with Crippen LogP contribution >= 0.6 is 34.7 Å². The number of rotatable bonds is 4. The van der Waals surface area contributed by atoms with Crippen LogP contribution in [-0.4, -0.2) is 11.8 Å². The van der Waals surface area contributed by atoms with E-state index in [1.807, 2.05) is 54.8 Å². The van der Waals surface area contributed by atoms with Crippen molar-refractivity contribution in [1.29, 1.82) is 0 Å². The number of thiophene rings is 1. The Kier molecular flexibility index (Phi) is 4.91. The van der Waals surface area contributed by atoms with Crippen molar-refractivity contribution in [2.24, 2.45) is 0 Å². The van der Waals surface area contributed by atoms with Crippen molar-refractivity contribution >= 4 is 57.8 Å². The molecule has 6 heteroatoms. The van der Waals surface area contributed by atoms with Crippen molar-refractivity contribution in [2.45, 2.75) is 11.8 Å². The molecule has 27 heavy (non-hydrogen) atoms. The third kappa shape index (κ3) is 3.23. The number of carbonyl (C=O) groups excluding carboxylic acids is 2. The smallest absolute Gasteiger partial charge is 0.268 e. The van der Waals surface area contributed by atoms with Crippen LogP contribution in [0.15, 0.2) is 75.8 Å². The minimum Gasteiger partial charge on any atom is -0.268 e. The molecule has 1 aliphatic rings. The maximum atomic E-state index is 13.3. The number of anilines is 1. The summed E-state index contributed by atoms with van der Waals surface area (Å²) in [5.41, 5.74) is 1.68. The van der Waals surface area contributed by atoms with Crippen LogP contribution in [0.1, 0.15) is 10.4 Å². The van der Waals surface area contributed by atoms with Crippen LogP contribution in [0.5, 0.6) is 0 Å². The highest BCUT2D eigenvalue weighted by atomic mass is 35.5. The maximum absolute atomic E-state index is 13.3. The first-order chi connectivity index (χ1) is 13.1. The monoisotopic (exact) mass is 411 g/mol. The third-order valence-corrected chi connectivity index (χ3v) is 6.64. The number of nitrogens with zero attached hydrogens (tertiary/aromatic N) is 1. The van der Waals surface area contributed by atoms with Gasteiger partial charge in [0, 0.05) is 14.8 Å². The van der Waals surface area contributed by atoms with Gasteiger partial charge >= 0.3 is 0 Å². The maximum Gasteiger partial charge on any atom is 0.272 e. The predicted octanol–water partition coefficient (Wildman–Crippen LogP) is 5.79. The Balaban J connectivity index is 1.83. The quantitative estimate of drug-likeness (QED) is 0.510. The second-order valence-corrected chi connectivity index (χ2v) is 8.36. The normalized spacial score (nSPS) is 14.4. The van der Waals surface area contributed by atoms with Crippen LogP contribution in [0.4, 0.5) is 5.69 Å². The van der Waals surface area contributed by atoms with E-state index < -0.39 is 0 Å². The van der Waals surface area contributed by atoms with Crippen molar-refractivity contribution in [1.82, 2.24) is 0 Å². The number of amides is 2. The second kappa shape index (κ2) is 7.35. The lowest BCUT2D eigenvalue weighted by molar-refractivity contribution is -0.119. The summed E-state index contributed by atoms with van der Waals surface area (Å²) >= 11 is 8.99. The summed E-state index contributed by atoms with van der Waals surface area (Å²) in [5.74, 6) is -0.631. The van der Waals surface area contributed by atoms with Gasteiger partial charge in [-0.05, 0) is 48.2 Å². The number of carbonyl (C=O) groups is 2. The van der Waals surface area contributed by atoms with Crippen molar-refractivity contribution in [3.63, 3.8) is 0 Å². The molecule has 4 rings (SSSR count). The van der Waals surface area contributed by atoms with E-state index in [1.165, 1.54) is 28.0 Å². The van der Waals surface area contributed by atoms with E-state index in [-0.39, 0.29) is 11.8 Å². The van der Waals surface area contributed by atoms with E-state index in [9.17, 15) is 9.59 Å². The van der Waals surface area contributed by atoms with Gasteiger partial charge in [-0.15, -0.1) is 11.3 Å². The van der Waals surface area contributed by atoms with Gasteiger partial charge in [-0.3, -0.25) is 9.59 Å². The lowest BCUT2D eigenvalue weighted by Crippen LogP contribution is -2.31. The Morgan fingerprint density at radius 3 is 2.41 bits per heavy atom. The molecule has 0 aliphatic carbocycles. The molecule has 2 heterocycles. The first kappa shape index (κ1) is 18.0. The van der Waals surface area contributed by atoms with Gasteiger partial charge in [-0.2, -0.15) is 0 Å². The molecular formula is C21H14ClNO2S2. The second-order valence-electron chi connectivity index (χ2n) is 5.93. The molecule has 2 aromatic carbocycles. The summed E-state index contributed by atoms with van der Waals surface area (Å²) in [6.07, 6.45) is 0. The van der Waals surface area contributed by atoms with Crippen LogP contribution in [0.3, 0.4) is 0 Å². The van der Waals surface area contributed by atoms with Gasteiger partial charge in [-0.1, -0.05) is 53.7 Å². The average Bonchev–Trinajstić information content (AvgIpc) is 3.26. The Labute approximate surface area is 170 Å². The standard InChI is InChI=1S/C21H14ClNO2S2/c1-13-15(22)9-5-10-16(13)23-20(24)18(17-11-6-12-26-17)19(21(23)25)27-14-7-3-2-4-8-14/h2-12H,1H3. The lowest BCUT2D eigenvalue weighted by Gasteiger charge is -2.18. The van der Waals surface area contributed by atoms with Crippen LogP contribution in [0, 0.1) is 6.92 Å². The van der Waals surface area contributed by atoms with E-state index in [0.717, 1.165) is 9.77 Å². The minimum atomic E-state index is -0.317. The number of hydrogen-bond acceptors (Lipinski definition) is 4. The Bertz CT molecular complexity index is 1060.